The van der Waals surface area contributed by atoms with Gasteiger partial charge in [-0.25, -0.2) is 27.7 Å². The van der Waals surface area contributed by atoms with Crippen molar-refractivity contribution in [3.8, 4) is 0 Å². The van der Waals surface area contributed by atoms with Gasteiger partial charge in [-0.15, -0.1) is 0 Å². The lowest BCUT2D eigenvalue weighted by Gasteiger charge is -2.23. The molecule has 148 valence electrons. The van der Waals surface area contributed by atoms with E-state index in [-0.39, 0.29) is 23.2 Å². The minimum absolute atomic E-state index is 0.0535. The average molecular weight is 395 g/mol. The number of H-pyrrole nitrogens is 1. The molecule has 0 atom stereocenters. The van der Waals surface area contributed by atoms with Crippen molar-refractivity contribution in [3.63, 3.8) is 0 Å². The van der Waals surface area contributed by atoms with Gasteiger partial charge >= 0.3 is 5.69 Å². The number of fused-ring (bicyclic) bond motifs is 1. The van der Waals surface area contributed by atoms with E-state index in [0.717, 1.165) is 19.1 Å². The van der Waals surface area contributed by atoms with Crippen LogP contribution in [0.15, 0.2) is 15.4 Å². The number of unbranched alkanes of at least 4 members (excludes halogenated alkanes) is 1. The van der Waals surface area contributed by atoms with Crippen LogP contribution in [-0.2, 0) is 10.0 Å². The standard InChI is InChI=1S/C16H25N7O3S/c1-4-7-8-22(6-3)15(17)23-12-10-18-13(20-14(12)21-16(23)24)11-19-27(25,26)9-5-2/h10-11,17H,4-9H2,1-3H3,(H,18,20,21,24). The molecular formula is C16H25N7O3S. The average Bonchev–Trinajstić information content (AvgIpc) is 2.95. The Morgan fingerprint density at radius 3 is 2.74 bits per heavy atom. The number of sulfonamides is 1. The third-order valence-electron chi connectivity index (χ3n) is 3.92. The van der Waals surface area contributed by atoms with E-state index in [1.54, 1.807) is 11.8 Å². The Labute approximate surface area is 157 Å². The summed E-state index contributed by atoms with van der Waals surface area (Å²) in [6.45, 7) is 7.00. The summed E-state index contributed by atoms with van der Waals surface area (Å²) in [7, 11) is -3.55. The molecule has 0 aromatic carbocycles. The Kier molecular flexibility index (Phi) is 6.83. The van der Waals surface area contributed by atoms with Gasteiger partial charge in [-0.1, -0.05) is 20.3 Å². The summed E-state index contributed by atoms with van der Waals surface area (Å²) in [4.78, 5) is 24.9. The van der Waals surface area contributed by atoms with Crippen molar-refractivity contribution in [1.82, 2.24) is 24.4 Å². The van der Waals surface area contributed by atoms with Crippen LogP contribution in [0.1, 0.15) is 45.9 Å². The zero-order valence-electron chi connectivity index (χ0n) is 15.8. The van der Waals surface area contributed by atoms with E-state index in [2.05, 4.69) is 26.3 Å². The fraction of sp³-hybridized carbons (Fsp3) is 0.562. The highest BCUT2D eigenvalue weighted by atomic mass is 32.2. The number of nitrogens with one attached hydrogen (secondary N) is 2. The second-order valence-corrected chi connectivity index (χ2v) is 7.79. The molecule has 2 aromatic heterocycles. The number of nitrogens with zero attached hydrogens (tertiary/aromatic N) is 5. The summed E-state index contributed by atoms with van der Waals surface area (Å²) in [5.74, 6) is 0.0685. The summed E-state index contributed by atoms with van der Waals surface area (Å²) in [5.41, 5.74) is 0.0843. The topological polar surface area (TPSA) is 137 Å². The maximum absolute atomic E-state index is 12.3. The third kappa shape index (κ3) is 5.00. The number of aromatic amines is 1. The number of hydrogen-bond donors (Lipinski definition) is 2. The van der Waals surface area contributed by atoms with Crippen LogP contribution in [0.5, 0.6) is 0 Å². The molecule has 2 N–H and O–H groups in total. The monoisotopic (exact) mass is 395 g/mol. The van der Waals surface area contributed by atoms with Gasteiger partial charge in [0.15, 0.2) is 11.5 Å². The molecule has 0 saturated carbocycles. The minimum Gasteiger partial charge on any atom is -0.343 e. The smallest absolute Gasteiger partial charge is 0.334 e. The van der Waals surface area contributed by atoms with Gasteiger partial charge in [-0.05, 0) is 19.8 Å². The molecule has 0 unspecified atom stereocenters. The molecule has 0 aliphatic carbocycles. The molecule has 0 aliphatic heterocycles. The predicted octanol–water partition coefficient (Wildman–Crippen LogP) is 1.18. The SMILES string of the molecule is CCCCN(CC)C(=N)n1c(=O)[nH]c2nc(C=NS(=O)(=O)CCC)ncc21. The van der Waals surface area contributed by atoms with Crippen molar-refractivity contribution >= 4 is 33.4 Å². The largest absolute Gasteiger partial charge is 0.343 e. The maximum atomic E-state index is 12.3. The highest BCUT2D eigenvalue weighted by Gasteiger charge is 2.17. The van der Waals surface area contributed by atoms with Crippen LogP contribution in [0.3, 0.4) is 0 Å². The van der Waals surface area contributed by atoms with E-state index in [9.17, 15) is 13.2 Å². The van der Waals surface area contributed by atoms with E-state index < -0.39 is 15.7 Å². The Bertz CT molecular complexity index is 991. The van der Waals surface area contributed by atoms with Crippen molar-refractivity contribution in [3.05, 3.63) is 22.5 Å². The Morgan fingerprint density at radius 2 is 2.11 bits per heavy atom. The van der Waals surface area contributed by atoms with Crippen molar-refractivity contribution < 1.29 is 8.42 Å². The molecule has 2 rings (SSSR count). The van der Waals surface area contributed by atoms with Crippen LogP contribution in [0.2, 0.25) is 0 Å². The zero-order chi connectivity index (χ0) is 20.0. The summed E-state index contributed by atoms with van der Waals surface area (Å²) < 4.78 is 28.1. The normalized spacial score (nSPS) is 12.1. The van der Waals surface area contributed by atoms with Crippen LogP contribution in [0, 0.1) is 5.41 Å². The van der Waals surface area contributed by atoms with Gasteiger partial charge in [0.1, 0.15) is 5.52 Å². The van der Waals surface area contributed by atoms with E-state index in [0.29, 0.717) is 25.0 Å². The summed E-state index contributed by atoms with van der Waals surface area (Å²) in [5, 5.41) is 8.38. The van der Waals surface area contributed by atoms with Crippen molar-refractivity contribution in [2.45, 2.75) is 40.0 Å². The molecule has 27 heavy (non-hydrogen) atoms. The summed E-state index contributed by atoms with van der Waals surface area (Å²) in [6, 6.07) is 0. The second kappa shape index (κ2) is 8.89. The summed E-state index contributed by atoms with van der Waals surface area (Å²) in [6.07, 6.45) is 4.81. The Hall–Kier alpha value is -2.56. The summed E-state index contributed by atoms with van der Waals surface area (Å²) >= 11 is 0. The molecule has 0 fully saturated rings. The highest BCUT2D eigenvalue weighted by Crippen LogP contribution is 2.08. The maximum Gasteiger partial charge on any atom is 0.334 e. The molecule has 2 heterocycles. The van der Waals surface area contributed by atoms with E-state index >= 15 is 0 Å². The van der Waals surface area contributed by atoms with Gasteiger partial charge in [0, 0.05) is 13.1 Å². The van der Waals surface area contributed by atoms with E-state index in [1.807, 2.05) is 6.92 Å². The fourth-order valence-electron chi connectivity index (χ4n) is 2.53. The van der Waals surface area contributed by atoms with E-state index in [1.165, 1.54) is 10.8 Å². The van der Waals surface area contributed by atoms with Gasteiger partial charge in [0.25, 0.3) is 10.0 Å². The lowest BCUT2D eigenvalue weighted by Crippen LogP contribution is -2.40. The van der Waals surface area contributed by atoms with Gasteiger partial charge in [0.2, 0.25) is 5.96 Å². The first-order valence-electron chi connectivity index (χ1n) is 8.92. The third-order valence-corrected chi connectivity index (χ3v) is 5.27. The van der Waals surface area contributed by atoms with E-state index in [4.69, 9.17) is 5.41 Å². The number of hydrogen-bond acceptors (Lipinski definition) is 6. The lowest BCUT2D eigenvalue weighted by molar-refractivity contribution is 0.412. The van der Waals surface area contributed by atoms with Crippen LogP contribution in [0.4, 0.5) is 0 Å². The van der Waals surface area contributed by atoms with Gasteiger partial charge in [0.05, 0.1) is 18.2 Å². The Morgan fingerprint density at radius 1 is 1.37 bits per heavy atom. The van der Waals surface area contributed by atoms with Gasteiger partial charge < -0.3 is 4.90 Å². The number of aromatic nitrogens is 4. The van der Waals surface area contributed by atoms with Crippen LogP contribution >= 0.6 is 0 Å². The first kappa shape index (κ1) is 20.7. The minimum atomic E-state index is -3.55. The van der Waals surface area contributed by atoms with Crippen LogP contribution in [-0.4, -0.2) is 63.9 Å². The predicted molar refractivity (Wildman–Crippen MR) is 105 cm³/mol. The first-order valence-corrected chi connectivity index (χ1v) is 10.5. The van der Waals surface area contributed by atoms with Crippen molar-refractivity contribution in [2.24, 2.45) is 4.40 Å². The van der Waals surface area contributed by atoms with Crippen molar-refractivity contribution in [1.29, 1.82) is 5.41 Å². The Balaban J connectivity index is 2.37. The highest BCUT2D eigenvalue weighted by molar-refractivity contribution is 7.90. The quantitative estimate of drug-likeness (QED) is 0.509. The fourth-order valence-corrected chi connectivity index (χ4v) is 3.40. The molecule has 11 heteroatoms. The van der Waals surface area contributed by atoms with Crippen LogP contribution < -0.4 is 5.69 Å². The van der Waals surface area contributed by atoms with Gasteiger partial charge in [-0.3, -0.25) is 10.4 Å². The molecule has 0 spiro atoms. The van der Waals surface area contributed by atoms with Crippen LogP contribution in [0.25, 0.3) is 11.2 Å². The van der Waals surface area contributed by atoms with Gasteiger partial charge in [-0.2, -0.15) is 4.40 Å². The lowest BCUT2D eigenvalue weighted by atomic mass is 10.3. The molecule has 2 aromatic rings. The molecule has 10 nitrogen and oxygen atoms in total. The number of rotatable bonds is 8. The molecule has 0 saturated heterocycles. The molecular weight excluding hydrogens is 370 g/mol. The molecule has 0 amide bonds. The van der Waals surface area contributed by atoms with Crippen molar-refractivity contribution in [2.75, 3.05) is 18.8 Å². The zero-order valence-corrected chi connectivity index (χ0v) is 16.6. The molecule has 0 radical (unpaired) electrons. The number of imidazole rings is 1. The second-order valence-electron chi connectivity index (χ2n) is 6.00. The molecule has 0 bridgehead atoms. The molecule has 0 aliphatic rings. The first-order chi connectivity index (χ1) is 12.8.